The third kappa shape index (κ3) is 1.47. The lowest BCUT2D eigenvalue weighted by molar-refractivity contribution is 0.0858. The summed E-state index contributed by atoms with van der Waals surface area (Å²) in [5.41, 5.74) is 6.80. The first-order chi connectivity index (χ1) is 6.33. The molecular weight excluding hydrogens is 166 g/mol. The molecule has 1 saturated heterocycles. The van der Waals surface area contributed by atoms with E-state index in [2.05, 4.69) is 5.10 Å². The van der Waals surface area contributed by atoms with Crippen LogP contribution in [0.5, 0.6) is 0 Å². The average molecular weight is 181 g/mol. The van der Waals surface area contributed by atoms with Crippen LogP contribution >= 0.6 is 0 Å². The second-order valence-corrected chi connectivity index (χ2v) is 3.46. The molecule has 2 rings (SSSR count). The van der Waals surface area contributed by atoms with Crippen molar-refractivity contribution >= 4 is 0 Å². The van der Waals surface area contributed by atoms with Crippen LogP contribution in [0.2, 0.25) is 0 Å². The van der Waals surface area contributed by atoms with Gasteiger partial charge in [0.05, 0.1) is 5.69 Å². The molecule has 0 spiro atoms. The number of aromatic nitrogens is 2. The van der Waals surface area contributed by atoms with Gasteiger partial charge in [0.25, 0.3) is 0 Å². The van der Waals surface area contributed by atoms with Crippen molar-refractivity contribution in [3.63, 3.8) is 0 Å². The van der Waals surface area contributed by atoms with Crippen LogP contribution < -0.4 is 5.73 Å². The summed E-state index contributed by atoms with van der Waals surface area (Å²) >= 11 is 0. The Morgan fingerprint density at radius 1 is 1.77 bits per heavy atom. The van der Waals surface area contributed by atoms with Crippen molar-refractivity contribution in [2.75, 3.05) is 13.2 Å². The molecule has 1 aliphatic rings. The maximum atomic E-state index is 5.67. The number of nitrogens with two attached hydrogens (primary N) is 1. The molecule has 1 fully saturated rings. The maximum Gasteiger partial charge on any atom is 0.103 e. The summed E-state index contributed by atoms with van der Waals surface area (Å²) in [6, 6.07) is 2.00. The van der Waals surface area contributed by atoms with Crippen LogP contribution in [0.25, 0.3) is 0 Å². The largest absolute Gasteiger partial charge is 0.372 e. The molecule has 0 unspecified atom stereocenters. The van der Waals surface area contributed by atoms with E-state index in [9.17, 15) is 0 Å². The lowest BCUT2D eigenvalue weighted by atomic mass is 9.99. The van der Waals surface area contributed by atoms with Gasteiger partial charge in [0.1, 0.15) is 6.10 Å². The van der Waals surface area contributed by atoms with Crippen LogP contribution in [0, 0.1) is 5.92 Å². The number of aryl methyl sites for hydroxylation is 1. The fraction of sp³-hybridized carbons (Fsp3) is 0.667. The van der Waals surface area contributed by atoms with Crippen LogP contribution in [-0.2, 0) is 11.8 Å². The van der Waals surface area contributed by atoms with Gasteiger partial charge in [-0.05, 0) is 19.0 Å². The highest BCUT2D eigenvalue weighted by Gasteiger charge is 2.30. The maximum absolute atomic E-state index is 5.67. The summed E-state index contributed by atoms with van der Waals surface area (Å²) in [6.45, 7) is 1.51. The van der Waals surface area contributed by atoms with Gasteiger partial charge in [-0.1, -0.05) is 0 Å². The van der Waals surface area contributed by atoms with E-state index in [1.165, 1.54) is 0 Å². The molecule has 0 radical (unpaired) electrons. The molecule has 1 aromatic rings. The zero-order chi connectivity index (χ0) is 9.26. The molecule has 1 aromatic heterocycles. The third-order valence-corrected chi connectivity index (χ3v) is 2.67. The van der Waals surface area contributed by atoms with E-state index in [4.69, 9.17) is 10.5 Å². The quantitative estimate of drug-likeness (QED) is 0.721. The Morgan fingerprint density at radius 3 is 3.23 bits per heavy atom. The van der Waals surface area contributed by atoms with Gasteiger partial charge >= 0.3 is 0 Å². The Labute approximate surface area is 77.7 Å². The standard InChI is InChI=1S/C9H15N3O/c1-12-8(2-4-11-12)9-7(6-10)3-5-13-9/h2,4,7,9H,3,5-6,10H2,1H3/t7-,9-/m1/s1. The van der Waals surface area contributed by atoms with E-state index in [-0.39, 0.29) is 6.10 Å². The van der Waals surface area contributed by atoms with Gasteiger partial charge in [-0.3, -0.25) is 4.68 Å². The Morgan fingerprint density at radius 2 is 2.62 bits per heavy atom. The summed E-state index contributed by atoms with van der Waals surface area (Å²) in [5.74, 6) is 0.454. The molecule has 0 amide bonds. The van der Waals surface area contributed by atoms with Crippen molar-refractivity contribution in [1.82, 2.24) is 9.78 Å². The molecule has 2 atom stereocenters. The predicted molar refractivity (Wildman–Crippen MR) is 49.1 cm³/mol. The number of nitrogens with zero attached hydrogens (tertiary/aromatic N) is 2. The third-order valence-electron chi connectivity index (χ3n) is 2.67. The normalized spacial score (nSPS) is 28.2. The number of hydrogen-bond acceptors (Lipinski definition) is 3. The first-order valence-electron chi connectivity index (χ1n) is 4.62. The Kier molecular flexibility index (Phi) is 2.33. The summed E-state index contributed by atoms with van der Waals surface area (Å²) < 4.78 is 7.50. The molecule has 72 valence electrons. The van der Waals surface area contributed by atoms with Crippen molar-refractivity contribution < 1.29 is 4.74 Å². The number of hydrogen-bond donors (Lipinski definition) is 1. The Balaban J connectivity index is 2.20. The van der Waals surface area contributed by atoms with Crippen molar-refractivity contribution in [2.45, 2.75) is 12.5 Å². The lowest BCUT2D eigenvalue weighted by Gasteiger charge is -2.16. The molecule has 2 heterocycles. The van der Waals surface area contributed by atoms with Gasteiger partial charge in [0.15, 0.2) is 0 Å². The van der Waals surface area contributed by atoms with Gasteiger partial charge in [-0.15, -0.1) is 0 Å². The minimum atomic E-state index is 0.150. The molecule has 0 saturated carbocycles. The van der Waals surface area contributed by atoms with Gasteiger partial charge in [-0.25, -0.2) is 0 Å². The second kappa shape index (κ2) is 3.47. The first kappa shape index (κ1) is 8.72. The van der Waals surface area contributed by atoms with Gasteiger partial charge in [0, 0.05) is 25.8 Å². The molecule has 1 aliphatic heterocycles. The monoisotopic (exact) mass is 181 g/mol. The summed E-state index contributed by atoms with van der Waals surface area (Å²) in [5, 5.41) is 4.13. The lowest BCUT2D eigenvalue weighted by Crippen LogP contribution is -2.19. The molecule has 13 heavy (non-hydrogen) atoms. The zero-order valence-electron chi connectivity index (χ0n) is 7.81. The summed E-state index contributed by atoms with van der Waals surface area (Å²) in [6.07, 6.45) is 3.01. The van der Waals surface area contributed by atoms with E-state index >= 15 is 0 Å². The van der Waals surface area contributed by atoms with Crippen LogP contribution in [0.4, 0.5) is 0 Å². The minimum absolute atomic E-state index is 0.150. The molecule has 0 aliphatic carbocycles. The topological polar surface area (TPSA) is 53.1 Å². The average Bonchev–Trinajstić information content (AvgIpc) is 2.71. The summed E-state index contributed by atoms with van der Waals surface area (Å²) in [4.78, 5) is 0. The summed E-state index contributed by atoms with van der Waals surface area (Å²) in [7, 11) is 1.94. The van der Waals surface area contributed by atoms with E-state index in [1.807, 2.05) is 17.8 Å². The molecule has 0 aromatic carbocycles. The molecule has 0 bridgehead atoms. The molecular formula is C9H15N3O. The van der Waals surface area contributed by atoms with Crippen molar-refractivity contribution in [3.05, 3.63) is 18.0 Å². The predicted octanol–water partition coefficient (Wildman–Crippen LogP) is 0.456. The molecule has 4 nitrogen and oxygen atoms in total. The number of ether oxygens (including phenoxy) is 1. The number of rotatable bonds is 2. The first-order valence-corrected chi connectivity index (χ1v) is 4.62. The van der Waals surface area contributed by atoms with E-state index in [0.29, 0.717) is 12.5 Å². The zero-order valence-corrected chi connectivity index (χ0v) is 7.81. The van der Waals surface area contributed by atoms with Crippen LogP contribution in [0.1, 0.15) is 18.2 Å². The van der Waals surface area contributed by atoms with Crippen LogP contribution in [0.3, 0.4) is 0 Å². The highest BCUT2D eigenvalue weighted by Crippen LogP contribution is 2.33. The van der Waals surface area contributed by atoms with E-state index < -0.39 is 0 Å². The van der Waals surface area contributed by atoms with Gasteiger partial charge in [0.2, 0.25) is 0 Å². The van der Waals surface area contributed by atoms with Crippen molar-refractivity contribution in [1.29, 1.82) is 0 Å². The van der Waals surface area contributed by atoms with Gasteiger partial charge < -0.3 is 10.5 Å². The fourth-order valence-corrected chi connectivity index (χ4v) is 1.87. The highest BCUT2D eigenvalue weighted by atomic mass is 16.5. The molecule has 4 heteroatoms. The smallest absolute Gasteiger partial charge is 0.103 e. The van der Waals surface area contributed by atoms with E-state index in [1.54, 1.807) is 6.20 Å². The van der Waals surface area contributed by atoms with E-state index in [0.717, 1.165) is 18.7 Å². The van der Waals surface area contributed by atoms with Gasteiger partial charge in [-0.2, -0.15) is 5.10 Å². The minimum Gasteiger partial charge on any atom is -0.372 e. The van der Waals surface area contributed by atoms with Crippen molar-refractivity contribution in [2.24, 2.45) is 18.7 Å². The Bertz CT molecular complexity index is 284. The Hall–Kier alpha value is -0.870. The molecule has 2 N–H and O–H groups in total. The highest BCUT2D eigenvalue weighted by molar-refractivity contribution is 5.07. The van der Waals surface area contributed by atoms with Crippen molar-refractivity contribution in [3.8, 4) is 0 Å². The van der Waals surface area contributed by atoms with Crippen LogP contribution in [-0.4, -0.2) is 22.9 Å². The second-order valence-electron chi connectivity index (χ2n) is 3.46. The SMILES string of the molecule is Cn1nccc1[C@@H]1OCC[C@@H]1CN. The fourth-order valence-electron chi connectivity index (χ4n) is 1.87. The van der Waals surface area contributed by atoms with Crippen LogP contribution in [0.15, 0.2) is 12.3 Å².